The smallest absolute Gasteiger partial charge is 0.446 e. The summed E-state index contributed by atoms with van der Waals surface area (Å²) in [6.45, 7) is 0. The van der Waals surface area contributed by atoms with E-state index in [0.29, 0.717) is 21.5 Å². The quantitative estimate of drug-likeness (QED) is 0.277. The van der Waals surface area contributed by atoms with Crippen LogP contribution < -0.4 is 14.2 Å². The predicted molar refractivity (Wildman–Crippen MR) is 127 cm³/mol. The standard InChI is InChI=1S/C16H14I3NO7S/c1-20-13(16(21)22)6-8-4-11(18)15(12(19)5-8)26-9-2-3-14(10(17)7-9)27-28(23,24)25/h2-5,7,13,20H,6H2,1H3,(H,21,22)(H,23,24,25)/t13-/m0/s1. The molecule has 0 aliphatic heterocycles. The van der Waals surface area contributed by atoms with Gasteiger partial charge in [-0.15, -0.1) is 0 Å². The molecule has 0 spiro atoms. The summed E-state index contributed by atoms with van der Waals surface area (Å²) in [5.74, 6) is 0.117. The summed E-state index contributed by atoms with van der Waals surface area (Å²) in [6.07, 6.45) is 0.331. The molecule has 2 aromatic carbocycles. The van der Waals surface area contributed by atoms with Crippen molar-refractivity contribution in [1.29, 1.82) is 0 Å². The number of aliphatic carboxylic acids is 1. The molecule has 2 aromatic rings. The van der Waals surface area contributed by atoms with E-state index in [2.05, 4.69) is 54.7 Å². The minimum Gasteiger partial charge on any atom is -0.480 e. The monoisotopic (exact) mass is 745 g/mol. The Kier molecular flexibility index (Phi) is 8.56. The summed E-state index contributed by atoms with van der Waals surface area (Å²) in [5.41, 5.74) is 0.856. The number of nitrogens with one attached hydrogen (secondary N) is 1. The number of ether oxygens (including phenoxy) is 1. The molecule has 0 aliphatic carbocycles. The molecule has 0 radical (unpaired) electrons. The Morgan fingerprint density at radius 3 is 2.21 bits per heavy atom. The Morgan fingerprint density at radius 1 is 1.14 bits per heavy atom. The van der Waals surface area contributed by atoms with Gasteiger partial charge in [-0.05, 0) is 117 Å². The molecule has 0 saturated carbocycles. The zero-order valence-electron chi connectivity index (χ0n) is 14.1. The van der Waals surface area contributed by atoms with Crippen LogP contribution in [0.25, 0.3) is 0 Å². The lowest BCUT2D eigenvalue weighted by molar-refractivity contribution is -0.139. The molecular weight excluding hydrogens is 731 g/mol. The molecule has 0 fully saturated rings. The molecule has 152 valence electrons. The maximum atomic E-state index is 11.2. The third-order valence-electron chi connectivity index (χ3n) is 3.46. The van der Waals surface area contributed by atoms with E-state index < -0.39 is 22.4 Å². The van der Waals surface area contributed by atoms with Gasteiger partial charge in [0.25, 0.3) is 0 Å². The van der Waals surface area contributed by atoms with Crippen LogP contribution in [0.15, 0.2) is 30.3 Å². The SMILES string of the molecule is CN[C@@H](Cc1cc(I)c(Oc2ccc(OS(=O)(=O)O)c(I)c2)c(I)c1)C(=O)O. The fourth-order valence-corrected chi connectivity index (χ4v) is 5.46. The molecule has 8 nitrogen and oxygen atoms in total. The number of halogens is 3. The number of carboxylic acid groups (broad SMARTS) is 1. The van der Waals surface area contributed by atoms with E-state index in [1.807, 2.05) is 34.7 Å². The van der Waals surface area contributed by atoms with E-state index in [4.69, 9.17) is 9.29 Å². The topological polar surface area (TPSA) is 122 Å². The van der Waals surface area contributed by atoms with Crippen molar-refractivity contribution in [2.24, 2.45) is 0 Å². The van der Waals surface area contributed by atoms with E-state index >= 15 is 0 Å². The Bertz CT molecular complexity index is 975. The molecule has 12 heteroatoms. The summed E-state index contributed by atoms with van der Waals surface area (Å²) >= 11 is 6.09. The summed E-state index contributed by atoms with van der Waals surface area (Å²) in [4.78, 5) is 11.2. The third-order valence-corrected chi connectivity index (χ3v) is 6.30. The van der Waals surface area contributed by atoms with Crippen molar-refractivity contribution in [3.63, 3.8) is 0 Å². The minimum atomic E-state index is -4.60. The lowest BCUT2D eigenvalue weighted by atomic mass is 10.1. The molecule has 3 N–H and O–H groups in total. The number of benzene rings is 2. The van der Waals surface area contributed by atoms with Gasteiger partial charge in [0.1, 0.15) is 11.8 Å². The highest BCUT2D eigenvalue weighted by Crippen LogP contribution is 2.35. The number of hydrogen-bond acceptors (Lipinski definition) is 6. The average Bonchev–Trinajstić information content (AvgIpc) is 2.57. The van der Waals surface area contributed by atoms with Crippen LogP contribution in [0.5, 0.6) is 17.2 Å². The van der Waals surface area contributed by atoms with Crippen molar-refractivity contribution in [1.82, 2.24) is 5.32 Å². The van der Waals surface area contributed by atoms with Crippen molar-refractivity contribution < 1.29 is 31.8 Å². The van der Waals surface area contributed by atoms with E-state index in [1.165, 1.54) is 12.1 Å². The van der Waals surface area contributed by atoms with Crippen molar-refractivity contribution in [3.05, 3.63) is 46.6 Å². The first kappa shape index (κ1) is 23.8. The van der Waals surface area contributed by atoms with Crippen LogP contribution in [-0.4, -0.2) is 37.1 Å². The first-order chi connectivity index (χ1) is 13.0. The van der Waals surface area contributed by atoms with Gasteiger partial charge >= 0.3 is 16.4 Å². The molecule has 1 atom stereocenters. The van der Waals surface area contributed by atoms with Gasteiger partial charge in [0, 0.05) is 0 Å². The average molecular weight is 745 g/mol. The Hall–Kier alpha value is -0.430. The van der Waals surface area contributed by atoms with Crippen LogP contribution in [0.4, 0.5) is 0 Å². The van der Waals surface area contributed by atoms with Crippen LogP contribution in [0.1, 0.15) is 5.56 Å². The number of hydrogen-bond donors (Lipinski definition) is 3. The fraction of sp³-hybridized carbons (Fsp3) is 0.188. The van der Waals surface area contributed by atoms with Gasteiger partial charge in [-0.25, -0.2) is 0 Å². The van der Waals surface area contributed by atoms with Gasteiger partial charge in [0.05, 0.1) is 10.7 Å². The van der Waals surface area contributed by atoms with Crippen LogP contribution in [0, 0.1) is 10.7 Å². The Morgan fingerprint density at radius 2 is 1.75 bits per heavy atom. The molecule has 28 heavy (non-hydrogen) atoms. The van der Waals surface area contributed by atoms with Gasteiger partial charge in [-0.3, -0.25) is 9.35 Å². The summed E-state index contributed by atoms with van der Waals surface area (Å²) in [6, 6.07) is 7.49. The van der Waals surface area contributed by atoms with E-state index in [0.717, 1.165) is 12.7 Å². The third kappa shape index (κ3) is 6.82. The normalized spacial score (nSPS) is 12.5. The summed E-state index contributed by atoms with van der Waals surface area (Å²) in [7, 11) is -3.00. The van der Waals surface area contributed by atoms with E-state index in [1.54, 1.807) is 13.1 Å². The lowest BCUT2D eigenvalue weighted by Gasteiger charge is -2.15. The molecule has 0 bridgehead atoms. The second-order valence-corrected chi connectivity index (χ2v) is 9.99. The highest BCUT2D eigenvalue weighted by atomic mass is 127. The van der Waals surface area contributed by atoms with Gasteiger partial charge < -0.3 is 19.3 Å². The van der Waals surface area contributed by atoms with Crippen LogP contribution in [-0.2, 0) is 21.6 Å². The maximum Gasteiger partial charge on any atom is 0.446 e. The number of likely N-dealkylation sites (N-methyl/N-ethyl adjacent to an activating group) is 1. The first-order valence-corrected chi connectivity index (χ1v) is 12.1. The van der Waals surface area contributed by atoms with Crippen molar-refractivity contribution in [3.8, 4) is 17.2 Å². The molecule has 0 aromatic heterocycles. The van der Waals surface area contributed by atoms with E-state index in [-0.39, 0.29) is 5.75 Å². The molecular formula is C16H14I3NO7S. The summed E-state index contributed by atoms with van der Waals surface area (Å²) < 4.78 is 42.9. The zero-order chi connectivity index (χ0) is 21.1. The largest absolute Gasteiger partial charge is 0.480 e. The van der Waals surface area contributed by atoms with Crippen molar-refractivity contribution in [2.45, 2.75) is 12.5 Å². The maximum absolute atomic E-state index is 11.2. The van der Waals surface area contributed by atoms with Crippen LogP contribution in [0.3, 0.4) is 0 Å². The minimum absolute atomic E-state index is 0.0121. The lowest BCUT2D eigenvalue weighted by Crippen LogP contribution is -2.35. The van der Waals surface area contributed by atoms with Crippen LogP contribution >= 0.6 is 67.8 Å². The second kappa shape index (κ2) is 10.1. The van der Waals surface area contributed by atoms with Gasteiger partial charge in [-0.2, -0.15) is 8.42 Å². The second-order valence-electron chi connectivity index (χ2n) is 5.48. The van der Waals surface area contributed by atoms with E-state index in [9.17, 15) is 18.3 Å². The van der Waals surface area contributed by atoms with Gasteiger partial charge in [0.15, 0.2) is 11.5 Å². The fourth-order valence-electron chi connectivity index (χ4n) is 2.22. The highest BCUT2D eigenvalue weighted by molar-refractivity contribution is 14.1. The van der Waals surface area contributed by atoms with Crippen LogP contribution in [0.2, 0.25) is 0 Å². The van der Waals surface area contributed by atoms with Gasteiger partial charge in [0.2, 0.25) is 0 Å². The molecule has 0 heterocycles. The summed E-state index contributed by atoms with van der Waals surface area (Å²) in [5, 5.41) is 11.9. The van der Waals surface area contributed by atoms with Crippen molar-refractivity contribution in [2.75, 3.05) is 7.05 Å². The zero-order valence-corrected chi connectivity index (χ0v) is 21.4. The molecule has 0 aliphatic rings. The predicted octanol–water partition coefficient (Wildman–Crippen LogP) is 3.69. The Labute approximate surface area is 202 Å². The molecule has 0 unspecified atom stereocenters. The molecule has 0 saturated heterocycles. The Balaban J connectivity index is 2.25. The number of rotatable bonds is 8. The molecule has 0 amide bonds. The number of carboxylic acids is 1. The highest BCUT2D eigenvalue weighted by Gasteiger charge is 2.18. The molecule has 2 rings (SSSR count). The first-order valence-electron chi connectivity index (χ1n) is 7.52. The van der Waals surface area contributed by atoms with Gasteiger partial charge in [-0.1, -0.05) is 0 Å². The van der Waals surface area contributed by atoms with Crippen molar-refractivity contribution >= 4 is 84.1 Å². The number of carbonyl (C=O) groups is 1.